The van der Waals surface area contributed by atoms with Crippen molar-refractivity contribution in [2.24, 2.45) is 5.92 Å². The largest absolute Gasteiger partial charge is 0.497 e. The molecule has 2 saturated heterocycles. The molecule has 4 rings (SSSR count). The number of nitrogens with zero attached hydrogens (tertiary/aromatic N) is 3. The molecule has 202 valence electrons. The predicted molar refractivity (Wildman–Crippen MR) is 144 cm³/mol. The Morgan fingerprint density at radius 2 is 1.63 bits per heavy atom. The molecule has 3 unspecified atom stereocenters. The van der Waals surface area contributed by atoms with Crippen LogP contribution in [0.4, 0.5) is 5.69 Å². The van der Waals surface area contributed by atoms with Gasteiger partial charge in [-0.2, -0.15) is 0 Å². The van der Waals surface area contributed by atoms with E-state index < -0.39 is 12.1 Å². The molecule has 2 aliphatic rings. The summed E-state index contributed by atoms with van der Waals surface area (Å²) in [4.78, 5) is 58.2. The fraction of sp³-hybridized carbons (Fsp3) is 0.448. The van der Waals surface area contributed by atoms with Crippen LogP contribution in [0.1, 0.15) is 47.4 Å². The van der Waals surface area contributed by atoms with Gasteiger partial charge < -0.3 is 24.8 Å². The minimum absolute atomic E-state index is 0.0383. The molecule has 2 fully saturated rings. The van der Waals surface area contributed by atoms with Crippen molar-refractivity contribution < 1.29 is 23.9 Å². The Kier molecular flexibility index (Phi) is 8.04. The second-order valence-corrected chi connectivity index (χ2v) is 10.6. The molecular weight excluding hydrogens is 484 g/mol. The molecule has 2 aromatic carbocycles. The third kappa shape index (κ3) is 5.51. The van der Waals surface area contributed by atoms with Crippen LogP contribution in [0.25, 0.3) is 0 Å². The van der Waals surface area contributed by atoms with Gasteiger partial charge in [-0.1, -0.05) is 13.8 Å². The lowest BCUT2D eigenvalue weighted by molar-refractivity contribution is -0.138. The van der Waals surface area contributed by atoms with Crippen molar-refractivity contribution >= 4 is 29.2 Å². The number of methoxy groups -OCH3 is 1. The molecule has 0 aliphatic carbocycles. The number of likely N-dealkylation sites (tertiary alicyclic amines) is 2. The van der Waals surface area contributed by atoms with E-state index in [1.165, 1.54) is 0 Å². The summed E-state index contributed by atoms with van der Waals surface area (Å²) < 4.78 is 5.17. The lowest BCUT2D eigenvalue weighted by Gasteiger charge is -2.29. The highest BCUT2D eigenvalue weighted by molar-refractivity contribution is 6.03. The monoisotopic (exact) mass is 520 g/mol. The maximum atomic E-state index is 13.7. The number of hydrogen-bond donors (Lipinski definition) is 1. The number of carbonyl (C=O) groups is 4. The van der Waals surface area contributed by atoms with Gasteiger partial charge in [0.15, 0.2) is 5.78 Å². The first kappa shape index (κ1) is 27.2. The number of ether oxygens (including phenoxy) is 1. The average molecular weight is 521 g/mol. The quantitative estimate of drug-likeness (QED) is 0.575. The van der Waals surface area contributed by atoms with Crippen LogP contribution < -0.4 is 15.0 Å². The second-order valence-electron chi connectivity index (χ2n) is 10.6. The Balaban J connectivity index is 1.49. The maximum absolute atomic E-state index is 13.7. The molecular formula is C29H36N4O5. The van der Waals surface area contributed by atoms with Crippen LogP contribution in [-0.4, -0.2) is 85.7 Å². The third-order valence-corrected chi connectivity index (χ3v) is 7.26. The van der Waals surface area contributed by atoms with Gasteiger partial charge in [-0.3, -0.25) is 19.2 Å². The van der Waals surface area contributed by atoms with Gasteiger partial charge >= 0.3 is 0 Å². The van der Waals surface area contributed by atoms with Crippen LogP contribution in [0.15, 0.2) is 48.5 Å². The van der Waals surface area contributed by atoms with Gasteiger partial charge in [0.05, 0.1) is 19.7 Å². The standard InChI is InChI=1S/C29H36N4O5/c1-18(2)16-23(30-27(35)19-6-10-21(11-7-19)31(3)4)29(37)32-15-14-24-26(32)25(34)17-33(24)28(36)20-8-12-22(38-5)13-9-20/h6-13,18,23-24,26H,14-17H2,1-5H3,(H,30,35). The summed E-state index contributed by atoms with van der Waals surface area (Å²) in [5.74, 6) is -0.226. The Labute approximate surface area is 223 Å². The lowest BCUT2D eigenvalue weighted by Crippen LogP contribution is -2.53. The van der Waals surface area contributed by atoms with Crippen molar-refractivity contribution in [3.8, 4) is 5.75 Å². The minimum atomic E-state index is -0.770. The Hall–Kier alpha value is -3.88. The molecule has 0 saturated carbocycles. The fourth-order valence-corrected chi connectivity index (χ4v) is 5.28. The number of amides is 3. The van der Waals surface area contributed by atoms with Gasteiger partial charge in [0.25, 0.3) is 11.8 Å². The summed E-state index contributed by atoms with van der Waals surface area (Å²) in [6.45, 7) is 4.29. The summed E-state index contributed by atoms with van der Waals surface area (Å²) >= 11 is 0. The summed E-state index contributed by atoms with van der Waals surface area (Å²) in [6.07, 6.45) is 0.954. The minimum Gasteiger partial charge on any atom is -0.497 e. The average Bonchev–Trinajstić information content (AvgIpc) is 3.48. The zero-order chi connectivity index (χ0) is 27.6. The number of benzene rings is 2. The Bertz CT molecular complexity index is 1190. The third-order valence-electron chi connectivity index (χ3n) is 7.26. The molecule has 0 spiro atoms. The van der Waals surface area contributed by atoms with Crippen molar-refractivity contribution in [3.63, 3.8) is 0 Å². The van der Waals surface area contributed by atoms with E-state index in [1.807, 2.05) is 45.0 Å². The SMILES string of the molecule is COc1ccc(C(=O)N2CC(=O)C3C2CCN3C(=O)C(CC(C)C)NC(=O)c2ccc(N(C)C)cc2)cc1. The van der Waals surface area contributed by atoms with E-state index in [2.05, 4.69) is 5.32 Å². The number of rotatable bonds is 8. The zero-order valence-corrected chi connectivity index (χ0v) is 22.6. The number of fused-ring (bicyclic) bond motifs is 1. The number of carbonyl (C=O) groups excluding carboxylic acids is 4. The highest BCUT2D eigenvalue weighted by Gasteiger charge is 2.52. The predicted octanol–water partition coefficient (Wildman–Crippen LogP) is 2.60. The molecule has 0 radical (unpaired) electrons. The van der Waals surface area contributed by atoms with E-state index in [-0.39, 0.29) is 42.0 Å². The van der Waals surface area contributed by atoms with Crippen LogP contribution >= 0.6 is 0 Å². The fourth-order valence-electron chi connectivity index (χ4n) is 5.28. The number of ketones is 1. The summed E-state index contributed by atoms with van der Waals surface area (Å²) in [6, 6.07) is 12.1. The first-order chi connectivity index (χ1) is 18.1. The number of Topliss-reactive ketones (excluding diaryl/α,β-unsaturated/α-hetero) is 1. The lowest BCUT2D eigenvalue weighted by atomic mass is 10.0. The van der Waals surface area contributed by atoms with Crippen LogP contribution in [0.5, 0.6) is 5.75 Å². The summed E-state index contributed by atoms with van der Waals surface area (Å²) in [7, 11) is 5.40. The molecule has 2 heterocycles. The summed E-state index contributed by atoms with van der Waals surface area (Å²) in [5, 5.41) is 2.91. The van der Waals surface area contributed by atoms with Crippen LogP contribution in [0, 0.1) is 5.92 Å². The number of hydrogen-bond acceptors (Lipinski definition) is 6. The summed E-state index contributed by atoms with van der Waals surface area (Å²) in [5.41, 5.74) is 1.90. The van der Waals surface area contributed by atoms with Crippen molar-refractivity contribution in [1.29, 1.82) is 0 Å². The van der Waals surface area contributed by atoms with Crippen LogP contribution in [0.2, 0.25) is 0 Å². The molecule has 2 aromatic rings. The zero-order valence-electron chi connectivity index (χ0n) is 22.6. The first-order valence-electron chi connectivity index (χ1n) is 13.0. The van der Waals surface area contributed by atoms with E-state index in [0.29, 0.717) is 36.3 Å². The molecule has 9 nitrogen and oxygen atoms in total. The molecule has 1 N–H and O–H groups in total. The molecule has 0 aromatic heterocycles. The topological polar surface area (TPSA) is 99.3 Å². The van der Waals surface area contributed by atoms with E-state index in [1.54, 1.807) is 53.3 Å². The van der Waals surface area contributed by atoms with E-state index in [4.69, 9.17) is 4.74 Å². The van der Waals surface area contributed by atoms with E-state index in [0.717, 1.165) is 5.69 Å². The van der Waals surface area contributed by atoms with Crippen molar-refractivity contribution in [2.75, 3.05) is 39.2 Å². The highest BCUT2D eigenvalue weighted by Crippen LogP contribution is 2.32. The van der Waals surface area contributed by atoms with Gasteiger partial charge in [-0.25, -0.2) is 0 Å². The molecule has 0 bridgehead atoms. The second kappa shape index (κ2) is 11.2. The molecule has 2 aliphatic heterocycles. The van der Waals surface area contributed by atoms with Gasteiger partial charge in [0.1, 0.15) is 17.8 Å². The molecule has 38 heavy (non-hydrogen) atoms. The Morgan fingerprint density at radius 3 is 2.21 bits per heavy atom. The molecule has 3 atom stereocenters. The highest BCUT2D eigenvalue weighted by atomic mass is 16.5. The molecule has 9 heteroatoms. The van der Waals surface area contributed by atoms with Crippen molar-refractivity contribution in [2.45, 2.75) is 44.8 Å². The van der Waals surface area contributed by atoms with Crippen LogP contribution in [-0.2, 0) is 9.59 Å². The molecule has 3 amide bonds. The van der Waals surface area contributed by atoms with Gasteiger partial charge in [0.2, 0.25) is 5.91 Å². The first-order valence-corrected chi connectivity index (χ1v) is 13.0. The van der Waals surface area contributed by atoms with Gasteiger partial charge in [-0.15, -0.1) is 0 Å². The van der Waals surface area contributed by atoms with Crippen molar-refractivity contribution in [1.82, 2.24) is 15.1 Å². The number of nitrogens with one attached hydrogen (secondary N) is 1. The Morgan fingerprint density at radius 1 is 1.00 bits per heavy atom. The van der Waals surface area contributed by atoms with E-state index >= 15 is 0 Å². The normalized spacial score (nSPS) is 19.4. The van der Waals surface area contributed by atoms with Gasteiger partial charge in [-0.05, 0) is 67.3 Å². The number of anilines is 1. The van der Waals surface area contributed by atoms with Crippen molar-refractivity contribution in [3.05, 3.63) is 59.7 Å². The maximum Gasteiger partial charge on any atom is 0.254 e. The smallest absolute Gasteiger partial charge is 0.254 e. The van der Waals surface area contributed by atoms with Gasteiger partial charge in [0, 0.05) is 37.5 Å². The van der Waals surface area contributed by atoms with E-state index in [9.17, 15) is 19.2 Å². The van der Waals surface area contributed by atoms with Crippen LogP contribution in [0.3, 0.4) is 0 Å².